The molecule has 5 heteroatoms. The van der Waals surface area contributed by atoms with Crippen LogP contribution < -0.4 is 5.73 Å². The van der Waals surface area contributed by atoms with E-state index in [4.69, 9.17) is 17.3 Å². The van der Waals surface area contributed by atoms with Crippen molar-refractivity contribution in [1.82, 2.24) is 0 Å². The van der Waals surface area contributed by atoms with Gasteiger partial charge < -0.3 is 5.73 Å². The van der Waals surface area contributed by atoms with Crippen LogP contribution >= 0.6 is 35.1 Å². The Bertz CT molecular complexity index is 369. The van der Waals surface area contributed by atoms with Gasteiger partial charge in [0, 0.05) is 39.1 Å². The first kappa shape index (κ1) is 12.6. The molecule has 0 aromatic heterocycles. The predicted molar refractivity (Wildman–Crippen MR) is 71.9 cm³/mol. The van der Waals surface area contributed by atoms with Gasteiger partial charge in [-0.25, -0.2) is 4.39 Å². The van der Waals surface area contributed by atoms with Gasteiger partial charge in [-0.15, -0.1) is 0 Å². The fraction of sp³-hybridized carbons (Fsp3) is 0.455. The molecule has 2 N–H and O–H groups in total. The van der Waals surface area contributed by atoms with Crippen molar-refractivity contribution >= 4 is 35.1 Å². The Morgan fingerprint density at radius 1 is 1.44 bits per heavy atom. The van der Waals surface area contributed by atoms with Crippen LogP contribution in [0.5, 0.6) is 0 Å². The lowest BCUT2D eigenvalue weighted by Gasteiger charge is -2.27. The van der Waals surface area contributed by atoms with E-state index in [0.717, 1.165) is 17.3 Å². The fourth-order valence-electron chi connectivity index (χ4n) is 1.69. The molecule has 0 aliphatic carbocycles. The lowest BCUT2D eigenvalue weighted by molar-refractivity contribution is 0.580. The molecule has 88 valence electrons. The standard InChI is InChI=1S/C11H13ClFNS2/c12-7-1-2-8(9(13)5-7)11(14)10-6-15-3-4-16-10/h1-2,5,10-11H,3-4,6,14H2. The summed E-state index contributed by atoms with van der Waals surface area (Å²) in [6.45, 7) is 0. The van der Waals surface area contributed by atoms with Crippen LogP contribution in [0.4, 0.5) is 4.39 Å². The molecule has 2 rings (SSSR count). The molecule has 1 aliphatic rings. The average Bonchev–Trinajstić information content (AvgIpc) is 2.29. The largest absolute Gasteiger partial charge is 0.323 e. The minimum Gasteiger partial charge on any atom is -0.323 e. The molecule has 1 heterocycles. The number of hydrogen-bond donors (Lipinski definition) is 1. The third kappa shape index (κ3) is 2.86. The summed E-state index contributed by atoms with van der Waals surface area (Å²) in [7, 11) is 0. The van der Waals surface area contributed by atoms with Gasteiger partial charge in [-0.2, -0.15) is 23.5 Å². The third-order valence-corrected chi connectivity index (χ3v) is 5.68. The highest BCUT2D eigenvalue weighted by molar-refractivity contribution is 8.06. The van der Waals surface area contributed by atoms with E-state index in [9.17, 15) is 4.39 Å². The maximum Gasteiger partial charge on any atom is 0.129 e. The van der Waals surface area contributed by atoms with E-state index in [1.54, 1.807) is 12.1 Å². The van der Waals surface area contributed by atoms with E-state index in [0.29, 0.717) is 15.8 Å². The van der Waals surface area contributed by atoms with Crippen molar-refractivity contribution in [2.24, 2.45) is 5.73 Å². The topological polar surface area (TPSA) is 26.0 Å². The van der Waals surface area contributed by atoms with Gasteiger partial charge in [0.05, 0.1) is 0 Å². The van der Waals surface area contributed by atoms with Crippen LogP contribution in [-0.2, 0) is 0 Å². The molecule has 1 aromatic carbocycles. The molecule has 2 unspecified atom stereocenters. The van der Waals surface area contributed by atoms with Gasteiger partial charge in [0.25, 0.3) is 0 Å². The maximum absolute atomic E-state index is 13.7. The highest BCUT2D eigenvalue weighted by Gasteiger charge is 2.24. The van der Waals surface area contributed by atoms with Crippen LogP contribution in [0.3, 0.4) is 0 Å². The quantitative estimate of drug-likeness (QED) is 0.898. The number of nitrogens with two attached hydrogens (primary N) is 1. The number of thioether (sulfide) groups is 2. The molecule has 0 radical (unpaired) electrons. The Labute approximate surface area is 108 Å². The van der Waals surface area contributed by atoms with Crippen molar-refractivity contribution in [2.45, 2.75) is 11.3 Å². The number of rotatable bonds is 2. The molecule has 1 aliphatic heterocycles. The molecule has 0 amide bonds. The fourth-order valence-corrected chi connectivity index (χ4v) is 4.64. The van der Waals surface area contributed by atoms with Crippen LogP contribution in [0.1, 0.15) is 11.6 Å². The maximum atomic E-state index is 13.7. The van der Waals surface area contributed by atoms with Crippen LogP contribution in [0, 0.1) is 5.82 Å². The molecule has 0 bridgehead atoms. The Hall–Kier alpha value is 0.1000. The predicted octanol–water partition coefficient (Wildman–Crippen LogP) is 3.33. The van der Waals surface area contributed by atoms with Gasteiger partial charge in [-0.1, -0.05) is 17.7 Å². The second kappa shape index (κ2) is 5.63. The zero-order chi connectivity index (χ0) is 11.5. The summed E-state index contributed by atoms with van der Waals surface area (Å²) in [5.41, 5.74) is 6.68. The van der Waals surface area contributed by atoms with Crippen molar-refractivity contribution < 1.29 is 4.39 Å². The van der Waals surface area contributed by atoms with E-state index >= 15 is 0 Å². The Balaban J connectivity index is 2.15. The lowest BCUT2D eigenvalue weighted by Crippen LogP contribution is -2.29. The summed E-state index contributed by atoms with van der Waals surface area (Å²) in [5, 5.41) is 0.716. The van der Waals surface area contributed by atoms with Gasteiger partial charge in [0.2, 0.25) is 0 Å². The highest BCUT2D eigenvalue weighted by atomic mass is 35.5. The monoisotopic (exact) mass is 277 g/mol. The number of hydrogen-bond acceptors (Lipinski definition) is 3. The summed E-state index contributed by atoms with van der Waals surface area (Å²) in [4.78, 5) is 0. The van der Waals surface area contributed by atoms with E-state index in [-0.39, 0.29) is 11.9 Å². The molecular weight excluding hydrogens is 265 g/mol. The lowest BCUT2D eigenvalue weighted by atomic mass is 10.0. The van der Waals surface area contributed by atoms with E-state index in [1.165, 1.54) is 6.07 Å². The second-order valence-corrected chi connectivity index (χ2v) is 6.61. The van der Waals surface area contributed by atoms with Crippen LogP contribution in [0.15, 0.2) is 18.2 Å². The molecule has 2 atom stereocenters. The van der Waals surface area contributed by atoms with Gasteiger partial charge in [-0.05, 0) is 12.1 Å². The minimum absolute atomic E-state index is 0.241. The third-order valence-electron chi connectivity index (χ3n) is 2.56. The van der Waals surface area contributed by atoms with E-state index in [2.05, 4.69) is 0 Å². The average molecular weight is 278 g/mol. The molecule has 0 spiro atoms. The normalized spacial score (nSPS) is 23.1. The SMILES string of the molecule is NC(c1ccc(Cl)cc1F)C1CSCCS1. The van der Waals surface area contributed by atoms with Crippen molar-refractivity contribution in [3.05, 3.63) is 34.6 Å². The molecule has 16 heavy (non-hydrogen) atoms. The Morgan fingerprint density at radius 2 is 2.25 bits per heavy atom. The number of halogens is 2. The Morgan fingerprint density at radius 3 is 2.88 bits per heavy atom. The zero-order valence-electron chi connectivity index (χ0n) is 8.66. The van der Waals surface area contributed by atoms with Gasteiger partial charge in [0.1, 0.15) is 5.82 Å². The van der Waals surface area contributed by atoms with Crippen molar-refractivity contribution in [2.75, 3.05) is 17.3 Å². The molecule has 0 saturated carbocycles. The van der Waals surface area contributed by atoms with Gasteiger partial charge in [0.15, 0.2) is 0 Å². The summed E-state index contributed by atoms with van der Waals surface area (Å²) >= 11 is 9.44. The van der Waals surface area contributed by atoms with E-state index in [1.807, 2.05) is 23.5 Å². The minimum atomic E-state index is -0.295. The second-order valence-electron chi connectivity index (χ2n) is 3.68. The highest BCUT2D eigenvalue weighted by Crippen LogP contribution is 2.33. The van der Waals surface area contributed by atoms with Crippen LogP contribution in [-0.4, -0.2) is 22.5 Å². The smallest absolute Gasteiger partial charge is 0.129 e. The van der Waals surface area contributed by atoms with Crippen molar-refractivity contribution in [3.63, 3.8) is 0 Å². The van der Waals surface area contributed by atoms with Crippen LogP contribution in [0.2, 0.25) is 5.02 Å². The molecule has 1 aromatic rings. The van der Waals surface area contributed by atoms with Crippen molar-refractivity contribution in [1.29, 1.82) is 0 Å². The number of benzene rings is 1. The summed E-state index contributed by atoms with van der Waals surface area (Å²) in [6, 6.07) is 4.48. The van der Waals surface area contributed by atoms with Gasteiger partial charge >= 0.3 is 0 Å². The van der Waals surface area contributed by atoms with Crippen LogP contribution in [0.25, 0.3) is 0 Å². The molecule has 1 saturated heterocycles. The first-order chi connectivity index (χ1) is 7.68. The molecule has 1 fully saturated rings. The van der Waals surface area contributed by atoms with Crippen molar-refractivity contribution in [3.8, 4) is 0 Å². The summed E-state index contributed by atoms with van der Waals surface area (Å²) in [5.74, 6) is 2.96. The summed E-state index contributed by atoms with van der Waals surface area (Å²) < 4.78 is 13.7. The van der Waals surface area contributed by atoms with E-state index < -0.39 is 0 Å². The zero-order valence-corrected chi connectivity index (χ0v) is 11.0. The molecule has 1 nitrogen and oxygen atoms in total. The van der Waals surface area contributed by atoms with Gasteiger partial charge in [-0.3, -0.25) is 0 Å². The summed E-state index contributed by atoms with van der Waals surface area (Å²) in [6.07, 6.45) is 0. The Kier molecular flexibility index (Phi) is 4.41. The first-order valence-corrected chi connectivity index (χ1v) is 7.66. The molecular formula is C11H13ClFNS2. The first-order valence-electron chi connectivity index (χ1n) is 5.08.